The monoisotopic (exact) mass is 525 g/mol. The molecule has 38 heavy (non-hydrogen) atoms. The predicted octanol–water partition coefficient (Wildman–Crippen LogP) is 2.67. The lowest BCUT2D eigenvalue weighted by molar-refractivity contribution is -0.658. The van der Waals surface area contributed by atoms with Crippen LogP contribution in [0.15, 0.2) is 47.3 Å². The summed E-state index contributed by atoms with van der Waals surface area (Å²) in [5, 5.41) is 2.65. The van der Waals surface area contributed by atoms with E-state index in [1.54, 1.807) is 52.5 Å². The highest BCUT2D eigenvalue weighted by atomic mass is 16.6. The van der Waals surface area contributed by atoms with Gasteiger partial charge in [0.25, 0.3) is 11.7 Å². The summed E-state index contributed by atoms with van der Waals surface area (Å²) in [7, 11) is 1.88. The summed E-state index contributed by atoms with van der Waals surface area (Å²) in [6, 6.07) is 4.46. The summed E-state index contributed by atoms with van der Waals surface area (Å²) < 4.78 is 12.9. The lowest BCUT2D eigenvalue weighted by Crippen LogP contribution is -2.72. The number of allylic oxidation sites excluding steroid dienone is 2. The Hall–Kier alpha value is -3.69. The highest BCUT2D eigenvalue weighted by molar-refractivity contribution is 6.08. The fourth-order valence-electron chi connectivity index (χ4n) is 4.95. The standard InChI is InChI=1S/C28H36N4O6/c1-27(2,3)37-25(35)22-17(16-18-13-15-31(23(18)33)20-10-8-9-14-30(20)7)11-12-19-21(24(34)32(19)22)29-26(36)38-28(4,5)6/h8-10,14,16,19,21H,11-13,15H2,1-7H3/p+1/b18-16+/t19-,21+/m1/s1. The molecule has 204 valence electrons. The summed E-state index contributed by atoms with van der Waals surface area (Å²) in [6.07, 6.45) is 4.42. The molecule has 3 aliphatic heterocycles. The first-order chi connectivity index (χ1) is 17.7. The average molecular weight is 526 g/mol. The van der Waals surface area contributed by atoms with Crippen molar-refractivity contribution in [3.8, 4) is 0 Å². The molecule has 1 N–H and O–H groups in total. The van der Waals surface area contributed by atoms with Crippen molar-refractivity contribution in [2.24, 2.45) is 7.05 Å². The Balaban J connectivity index is 1.63. The van der Waals surface area contributed by atoms with Crippen molar-refractivity contribution < 1.29 is 33.2 Å². The molecule has 4 rings (SSSR count). The van der Waals surface area contributed by atoms with Gasteiger partial charge < -0.3 is 14.8 Å². The molecule has 0 aliphatic carbocycles. The van der Waals surface area contributed by atoms with E-state index in [2.05, 4.69) is 5.32 Å². The van der Waals surface area contributed by atoms with Gasteiger partial charge in [0.15, 0.2) is 0 Å². The van der Waals surface area contributed by atoms with E-state index in [9.17, 15) is 19.2 Å². The normalized spacial score (nSPS) is 22.9. The number of nitrogens with one attached hydrogen (secondary N) is 1. The van der Waals surface area contributed by atoms with E-state index in [0.717, 1.165) is 5.82 Å². The minimum absolute atomic E-state index is 0.132. The molecule has 10 nitrogen and oxygen atoms in total. The maximum atomic E-state index is 13.3. The van der Waals surface area contributed by atoms with Crippen LogP contribution in [-0.4, -0.2) is 58.6 Å². The maximum Gasteiger partial charge on any atom is 0.408 e. The third-order valence-electron chi connectivity index (χ3n) is 6.52. The van der Waals surface area contributed by atoms with Gasteiger partial charge in [-0.15, -0.1) is 0 Å². The third-order valence-corrected chi connectivity index (χ3v) is 6.52. The molecular formula is C28H37N4O6+. The molecule has 0 unspecified atom stereocenters. The second kappa shape index (κ2) is 9.89. The Kier molecular flexibility index (Phi) is 7.11. The molecule has 2 atom stereocenters. The topological polar surface area (TPSA) is 109 Å². The van der Waals surface area contributed by atoms with Crippen molar-refractivity contribution in [2.75, 3.05) is 11.4 Å². The summed E-state index contributed by atoms with van der Waals surface area (Å²) >= 11 is 0. The Bertz CT molecular complexity index is 1240. The Morgan fingerprint density at radius 3 is 2.37 bits per heavy atom. The van der Waals surface area contributed by atoms with Crippen LogP contribution in [0.3, 0.4) is 0 Å². The number of carbonyl (C=O) groups excluding carboxylic acids is 4. The van der Waals surface area contributed by atoms with Gasteiger partial charge in [-0.25, -0.2) is 19.0 Å². The van der Waals surface area contributed by atoms with Crippen molar-refractivity contribution in [2.45, 2.75) is 84.1 Å². The number of β-lactam (4-membered cyclic amide) rings is 1. The molecule has 0 radical (unpaired) electrons. The summed E-state index contributed by atoms with van der Waals surface area (Å²) in [6.45, 7) is 11.0. The first-order valence-corrected chi connectivity index (χ1v) is 12.9. The number of esters is 1. The molecule has 3 amide bonds. The van der Waals surface area contributed by atoms with Crippen LogP contribution in [0.2, 0.25) is 0 Å². The number of carbonyl (C=O) groups is 4. The number of ether oxygens (including phenoxy) is 2. The molecule has 0 aromatic carbocycles. The van der Waals surface area contributed by atoms with Crippen molar-refractivity contribution in [1.29, 1.82) is 0 Å². The number of hydrogen-bond acceptors (Lipinski definition) is 6. The maximum absolute atomic E-state index is 13.3. The predicted molar refractivity (Wildman–Crippen MR) is 139 cm³/mol. The zero-order valence-electron chi connectivity index (χ0n) is 23.2. The number of anilines is 1. The van der Waals surface area contributed by atoms with Gasteiger partial charge in [-0.2, -0.15) is 4.90 Å². The first-order valence-electron chi connectivity index (χ1n) is 12.9. The summed E-state index contributed by atoms with van der Waals surface area (Å²) in [5.41, 5.74) is -0.198. The van der Waals surface area contributed by atoms with Gasteiger partial charge in [-0.05, 0) is 72.1 Å². The van der Waals surface area contributed by atoms with E-state index in [1.807, 2.05) is 36.0 Å². The van der Waals surface area contributed by atoms with Gasteiger partial charge in [0.2, 0.25) is 0 Å². The number of fused-ring (bicyclic) bond motifs is 1. The third kappa shape index (κ3) is 5.58. The number of aromatic nitrogens is 1. The van der Waals surface area contributed by atoms with Crippen LogP contribution in [-0.2, 0) is 30.9 Å². The smallest absolute Gasteiger partial charge is 0.408 e. The number of amides is 3. The van der Waals surface area contributed by atoms with Gasteiger partial charge in [0.05, 0.1) is 25.8 Å². The second-order valence-electron chi connectivity index (χ2n) is 11.9. The number of rotatable bonds is 4. The van der Waals surface area contributed by atoms with E-state index in [0.29, 0.717) is 37.0 Å². The molecular weight excluding hydrogens is 488 g/mol. The lowest BCUT2D eigenvalue weighted by Gasteiger charge is -2.50. The zero-order chi connectivity index (χ0) is 28.0. The lowest BCUT2D eigenvalue weighted by atomic mass is 9.83. The molecule has 4 heterocycles. The molecule has 0 saturated carbocycles. The first kappa shape index (κ1) is 27.3. The van der Waals surface area contributed by atoms with Crippen molar-refractivity contribution in [1.82, 2.24) is 10.2 Å². The van der Waals surface area contributed by atoms with E-state index >= 15 is 0 Å². The Labute approximate surface area is 223 Å². The number of aryl methyl sites for hydroxylation is 1. The minimum atomic E-state index is -0.793. The molecule has 1 aromatic heterocycles. The molecule has 0 spiro atoms. The van der Waals surface area contributed by atoms with Crippen LogP contribution < -0.4 is 14.8 Å². The van der Waals surface area contributed by atoms with Gasteiger partial charge in [-0.1, -0.05) is 6.07 Å². The van der Waals surface area contributed by atoms with Crippen molar-refractivity contribution in [3.05, 3.63) is 47.3 Å². The Morgan fingerprint density at radius 2 is 1.74 bits per heavy atom. The number of nitrogens with zero attached hydrogens (tertiary/aromatic N) is 3. The SMILES string of the molecule is C[n+]1ccccc1N1CC/C(=C\C2=C(C(=O)OC(C)(C)C)N3C(=O)[C@@H](NC(=O)OC(C)(C)C)[C@H]3CC2)C1=O. The van der Waals surface area contributed by atoms with Gasteiger partial charge in [-0.3, -0.25) is 9.69 Å². The minimum Gasteiger partial charge on any atom is -0.455 e. The van der Waals surface area contributed by atoms with Gasteiger partial charge in [0.1, 0.15) is 22.9 Å². The number of pyridine rings is 1. The van der Waals surface area contributed by atoms with E-state index in [4.69, 9.17) is 9.47 Å². The Morgan fingerprint density at radius 1 is 1.05 bits per heavy atom. The second-order valence-corrected chi connectivity index (χ2v) is 11.9. The van der Waals surface area contributed by atoms with Crippen LogP contribution >= 0.6 is 0 Å². The molecule has 1 aromatic rings. The molecule has 2 fully saturated rings. The fraction of sp³-hybridized carbons (Fsp3) is 0.536. The van der Waals surface area contributed by atoms with Crippen LogP contribution in [0.4, 0.5) is 10.6 Å². The quantitative estimate of drug-likeness (QED) is 0.280. The fourth-order valence-corrected chi connectivity index (χ4v) is 4.95. The number of alkyl carbamates (subject to hydrolysis) is 1. The van der Waals surface area contributed by atoms with Crippen LogP contribution in [0.25, 0.3) is 0 Å². The van der Waals surface area contributed by atoms with Gasteiger partial charge in [0, 0.05) is 18.1 Å². The van der Waals surface area contributed by atoms with E-state index in [-0.39, 0.29) is 11.6 Å². The zero-order valence-corrected chi connectivity index (χ0v) is 23.2. The van der Waals surface area contributed by atoms with Crippen molar-refractivity contribution >= 4 is 29.7 Å². The van der Waals surface area contributed by atoms with Crippen LogP contribution in [0.1, 0.15) is 60.8 Å². The summed E-state index contributed by atoms with van der Waals surface area (Å²) in [4.78, 5) is 55.3. The highest BCUT2D eigenvalue weighted by Crippen LogP contribution is 2.39. The largest absolute Gasteiger partial charge is 0.455 e. The number of hydrogen-bond donors (Lipinski definition) is 1. The summed E-state index contributed by atoms with van der Waals surface area (Å²) in [5.74, 6) is -0.396. The van der Waals surface area contributed by atoms with Crippen molar-refractivity contribution in [3.63, 3.8) is 0 Å². The van der Waals surface area contributed by atoms with Crippen LogP contribution in [0, 0.1) is 0 Å². The molecule has 2 saturated heterocycles. The molecule has 3 aliphatic rings. The average Bonchev–Trinajstić information content (AvgIpc) is 3.15. The van der Waals surface area contributed by atoms with E-state index in [1.165, 1.54) is 4.90 Å². The van der Waals surface area contributed by atoms with Crippen LogP contribution in [0.5, 0.6) is 0 Å². The highest BCUT2D eigenvalue weighted by Gasteiger charge is 2.54. The van der Waals surface area contributed by atoms with E-state index < -0.39 is 41.3 Å². The molecule has 0 bridgehead atoms. The van der Waals surface area contributed by atoms with Gasteiger partial charge >= 0.3 is 18.0 Å². The molecule has 10 heteroatoms.